The van der Waals surface area contributed by atoms with Crippen molar-refractivity contribution >= 4 is 17.1 Å². The molecule has 0 fully saturated rings. The SMILES string of the molecule is C=CCOCCOCCOCCOCCOCCOCCOCCOCCOCCOCCOCCNc1ccc([N+](=O)[O-])cc1[N+](=O)[O-]. The van der Waals surface area contributed by atoms with Gasteiger partial charge in [-0.25, -0.2) is 0 Å². The van der Waals surface area contributed by atoms with Crippen LogP contribution in [0, 0.1) is 20.2 Å². The summed E-state index contributed by atoms with van der Waals surface area (Å²) in [5, 5.41) is 24.8. The van der Waals surface area contributed by atoms with E-state index in [0.29, 0.717) is 139 Å². The fraction of sp³-hybridized carbons (Fsp3) is 0.742. The second-order valence-electron chi connectivity index (χ2n) is 9.63. The summed E-state index contributed by atoms with van der Waals surface area (Å²) < 4.78 is 59.5. The molecule has 0 heterocycles. The van der Waals surface area contributed by atoms with Crippen LogP contribution in [-0.2, 0) is 52.1 Å². The molecule has 0 saturated carbocycles. The highest BCUT2D eigenvalue weighted by Crippen LogP contribution is 2.28. The summed E-state index contributed by atoms with van der Waals surface area (Å²) in [7, 11) is 0. The van der Waals surface area contributed by atoms with Gasteiger partial charge in [0.1, 0.15) is 5.69 Å². The molecule has 18 heteroatoms. The Morgan fingerprint density at radius 2 is 0.837 bits per heavy atom. The molecule has 1 N–H and O–H groups in total. The third-order valence-electron chi connectivity index (χ3n) is 5.91. The quantitative estimate of drug-likeness (QED) is 0.0454. The molecule has 282 valence electrons. The zero-order valence-electron chi connectivity index (χ0n) is 28.3. The van der Waals surface area contributed by atoms with Crippen molar-refractivity contribution in [2.45, 2.75) is 0 Å². The van der Waals surface area contributed by atoms with Gasteiger partial charge in [0.05, 0.1) is 161 Å². The first-order chi connectivity index (χ1) is 24.1. The summed E-state index contributed by atoms with van der Waals surface area (Å²) in [6, 6.07) is 3.43. The van der Waals surface area contributed by atoms with Crippen LogP contribution in [0.1, 0.15) is 0 Å². The standard InChI is InChI=1S/C31H53N3O15/c1-2-6-39-8-10-41-12-14-43-16-18-45-20-22-47-24-26-49-27-25-48-23-21-46-19-17-44-15-13-42-11-9-40-7-5-32-30-4-3-29(33(35)36)28-31(30)34(37)38/h2-4,28,32H,1,5-27H2. The first kappa shape index (κ1) is 44.1. The number of nitro benzene ring substituents is 2. The first-order valence-corrected chi connectivity index (χ1v) is 16.2. The van der Waals surface area contributed by atoms with Crippen molar-refractivity contribution in [2.75, 3.05) is 157 Å². The fourth-order valence-corrected chi connectivity index (χ4v) is 3.56. The Labute approximate surface area is 287 Å². The van der Waals surface area contributed by atoms with Crippen molar-refractivity contribution in [2.24, 2.45) is 0 Å². The van der Waals surface area contributed by atoms with Gasteiger partial charge >= 0.3 is 0 Å². The zero-order chi connectivity index (χ0) is 35.5. The van der Waals surface area contributed by atoms with Crippen LogP contribution >= 0.6 is 0 Å². The smallest absolute Gasteiger partial charge is 0.299 e. The number of anilines is 1. The van der Waals surface area contributed by atoms with Crippen molar-refractivity contribution in [1.82, 2.24) is 0 Å². The van der Waals surface area contributed by atoms with Gasteiger partial charge in [-0.05, 0) is 6.07 Å². The normalized spacial score (nSPS) is 11.2. The van der Waals surface area contributed by atoms with Crippen LogP contribution < -0.4 is 5.32 Å². The van der Waals surface area contributed by atoms with E-state index in [4.69, 9.17) is 52.1 Å². The van der Waals surface area contributed by atoms with Gasteiger partial charge in [0.15, 0.2) is 0 Å². The van der Waals surface area contributed by atoms with Crippen LogP contribution in [0.5, 0.6) is 0 Å². The molecule has 18 nitrogen and oxygen atoms in total. The van der Waals surface area contributed by atoms with Crippen molar-refractivity contribution in [1.29, 1.82) is 0 Å². The van der Waals surface area contributed by atoms with E-state index >= 15 is 0 Å². The number of non-ortho nitro benzene ring substituents is 1. The highest BCUT2D eigenvalue weighted by molar-refractivity contribution is 5.65. The van der Waals surface area contributed by atoms with Crippen LogP contribution in [0.15, 0.2) is 30.9 Å². The van der Waals surface area contributed by atoms with E-state index in [-0.39, 0.29) is 30.2 Å². The molecule has 1 aromatic rings. The Morgan fingerprint density at radius 1 is 0.510 bits per heavy atom. The highest BCUT2D eigenvalue weighted by Gasteiger charge is 2.19. The number of benzene rings is 1. The summed E-state index contributed by atoms with van der Waals surface area (Å²) in [4.78, 5) is 20.6. The highest BCUT2D eigenvalue weighted by atomic mass is 16.6. The number of rotatable bonds is 38. The number of nitrogens with one attached hydrogen (secondary N) is 1. The molecule has 0 radical (unpaired) electrons. The molecule has 0 saturated heterocycles. The number of nitrogens with zero attached hydrogens (tertiary/aromatic N) is 2. The second kappa shape index (κ2) is 33.6. The van der Waals surface area contributed by atoms with Gasteiger partial charge in [-0.1, -0.05) is 6.08 Å². The molecule has 1 aromatic carbocycles. The van der Waals surface area contributed by atoms with E-state index in [1.165, 1.54) is 12.1 Å². The molecular formula is C31H53N3O15. The number of ether oxygens (including phenoxy) is 11. The predicted molar refractivity (Wildman–Crippen MR) is 177 cm³/mol. The van der Waals surface area contributed by atoms with Crippen LogP contribution in [0.25, 0.3) is 0 Å². The summed E-state index contributed by atoms with van der Waals surface area (Å²) in [5.74, 6) is 0. The molecular weight excluding hydrogens is 654 g/mol. The van der Waals surface area contributed by atoms with Crippen LogP contribution in [0.3, 0.4) is 0 Å². The molecule has 0 amide bonds. The van der Waals surface area contributed by atoms with Crippen LogP contribution in [0.2, 0.25) is 0 Å². The molecule has 0 spiro atoms. The lowest BCUT2D eigenvalue weighted by atomic mass is 10.2. The Morgan fingerprint density at radius 3 is 1.14 bits per heavy atom. The van der Waals surface area contributed by atoms with E-state index in [2.05, 4.69) is 11.9 Å². The van der Waals surface area contributed by atoms with Gasteiger partial charge in [-0.15, -0.1) is 6.58 Å². The summed E-state index contributed by atoms with van der Waals surface area (Å²) in [6.07, 6.45) is 1.70. The van der Waals surface area contributed by atoms with Gasteiger partial charge < -0.3 is 57.4 Å². The molecule has 0 aliphatic rings. The maximum Gasteiger partial charge on any atom is 0.299 e. The van der Waals surface area contributed by atoms with Crippen LogP contribution in [0.4, 0.5) is 17.1 Å². The zero-order valence-corrected chi connectivity index (χ0v) is 28.3. The molecule has 0 aliphatic heterocycles. The van der Waals surface area contributed by atoms with Gasteiger partial charge in [0, 0.05) is 12.6 Å². The third kappa shape index (κ3) is 27.6. The van der Waals surface area contributed by atoms with Crippen molar-refractivity contribution in [3.8, 4) is 0 Å². The van der Waals surface area contributed by atoms with E-state index in [0.717, 1.165) is 6.07 Å². The Balaban J connectivity index is 1.72. The monoisotopic (exact) mass is 707 g/mol. The third-order valence-corrected chi connectivity index (χ3v) is 5.91. The summed E-state index contributed by atoms with van der Waals surface area (Å²) >= 11 is 0. The Hall–Kier alpha value is -2.88. The number of hydrogen-bond acceptors (Lipinski definition) is 16. The second-order valence-corrected chi connectivity index (χ2v) is 9.63. The molecule has 49 heavy (non-hydrogen) atoms. The largest absolute Gasteiger partial charge is 0.377 e. The minimum atomic E-state index is -0.682. The van der Waals surface area contributed by atoms with Gasteiger partial charge in [0.25, 0.3) is 11.4 Å². The topological polar surface area (TPSA) is 200 Å². The fourth-order valence-electron chi connectivity index (χ4n) is 3.56. The van der Waals surface area contributed by atoms with Crippen molar-refractivity contribution < 1.29 is 62.0 Å². The van der Waals surface area contributed by atoms with E-state index in [1.807, 2.05) is 0 Å². The van der Waals surface area contributed by atoms with E-state index in [1.54, 1.807) is 6.08 Å². The molecule has 0 unspecified atom stereocenters. The van der Waals surface area contributed by atoms with E-state index in [9.17, 15) is 20.2 Å². The maximum absolute atomic E-state index is 11.1. The Bertz CT molecular complexity index is 961. The number of nitro groups is 2. The van der Waals surface area contributed by atoms with Crippen molar-refractivity contribution in [3.63, 3.8) is 0 Å². The average molecular weight is 708 g/mol. The lowest BCUT2D eigenvalue weighted by Gasteiger charge is -2.09. The van der Waals surface area contributed by atoms with Crippen LogP contribution in [-0.4, -0.2) is 162 Å². The Kier molecular flexibility index (Phi) is 30.3. The number of hydrogen-bond donors (Lipinski definition) is 1. The minimum absolute atomic E-state index is 0.185. The average Bonchev–Trinajstić information content (AvgIpc) is 3.09. The summed E-state index contributed by atoms with van der Waals surface area (Å²) in [6.45, 7) is 14.0. The van der Waals surface area contributed by atoms with Gasteiger partial charge in [0.2, 0.25) is 0 Å². The molecule has 0 aromatic heterocycles. The van der Waals surface area contributed by atoms with E-state index < -0.39 is 9.85 Å². The van der Waals surface area contributed by atoms with Gasteiger partial charge in [-0.2, -0.15) is 0 Å². The lowest BCUT2D eigenvalue weighted by Crippen LogP contribution is -2.16. The summed E-state index contributed by atoms with van der Waals surface area (Å²) in [5.41, 5.74) is -0.527. The minimum Gasteiger partial charge on any atom is -0.377 e. The molecule has 1 rings (SSSR count). The molecule has 0 atom stereocenters. The maximum atomic E-state index is 11.1. The molecule has 0 bridgehead atoms. The van der Waals surface area contributed by atoms with Crippen molar-refractivity contribution in [3.05, 3.63) is 51.1 Å². The van der Waals surface area contributed by atoms with Gasteiger partial charge in [-0.3, -0.25) is 20.2 Å². The predicted octanol–water partition coefficient (Wildman–Crippen LogP) is 2.28. The first-order valence-electron chi connectivity index (χ1n) is 16.2. The molecule has 0 aliphatic carbocycles. The lowest BCUT2D eigenvalue weighted by molar-refractivity contribution is -0.393.